The van der Waals surface area contributed by atoms with Crippen molar-refractivity contribution in [2.75, 3.05) is 5.73 Å². The van der Waals surface area contributed by atoms with Crippen molar-refractivity contribution in [3.8, 4) is 0 Å². The number of imidazole rings is 1. The normalized spacial score (nSPS) is 13.5. The number of halogens is 1. The number of nitrogen functional groups attached to an aromatic ring is 1. The van der Waals surface area contributed by atoms with E-state index < -0.39 is 0 Å². The number of aryl methyl sites for hydroxylation is 4. The van der Waals surface area contributed by atoms with Crippen LogP contribution in [0.3, 0.4) is 0 Å². The largest absolute Gasteiger partial charge is 0.369 e. The van der Waals surface area contributed by atoms with Gasteiger partial charge in [0, 0.05) is 6.54 Å². The van der Waals surface area contributed by atoms with E-state index in [4.69, 9.17) is 5.73 Å². The number of rotatable bonds is 3. The molecule has 6 nitrogen and oxygen atoms in total. The third-order valence-electron chi connectivity index (χ3n) is 4.55. The lowest BCUT2D eigenvalue weighted by atomic mass is 9.90. The smallest absolute Gasteiger partial charge is 0.280 e. The van der Waals surface area contributed by atoms with Crippen LogP contribution in [0.2, 0.25) is 0 Å². The Morgan fingerprint density at radius 3 is 2.83 bits per heavy atom. The van der Waals surface area contributed by atoms with E-state index in [9.17, 15) is 4.79 Å². The number of hydrogen-bond acceptors (Lipinski definition) is 4. The van der Waals surface area contributed by atoms with Crippen molar-refractivity contribution in [3.05, 3.63) is 51.6 Å². The monoisotopic (exact) mass is 345 g/mol. The Bertz CT molecular complexity index is 930. The second kappa shape index (κ2) is 6.65. The van der Waals surface area contributed by atoms with Crippen LogP contribution in [-0.2, 0) is 25.8 Å². The molecule has 0 unspecified atom stereocenters. The summed E-state index contributed by atoms with van der Waals surface area (Å²) in [6.07, 6.45) is 7.51. The van der Waals surface area contributed by atoms with Gasteiger partial charge in [0.25, 0.3) is 5.56 Å². The van der Waals surface area contributed by atoms with Crippen molar-refractivity contribution in [1.82, 2.24) is 19.5 Å². The van der Waals surface area contributed by atoms with Crippen LogP contribution in [0.15, 0.2) is 29.3 Å². The van der Waals surface area contributed by atoms with Gasteiger partial charge in [-0.3, -0.25) is 9.78 Å². The molecule has 0 fully saturated rings. The van der Waals surface area contributed by atoms with Crippen LogP contribution < -0.4 is 11.3 Å². The van der Waals surface area contributed by atoms with Gasteiger partial charge in [-0.05, 0) is 48.8 Å². The summed E-state index contributed by atoms with van der Waals surface area (Å²) in [6, 6.07) is 6.79. The molecule has 2 aromatic heterocycles. The van der Waals surface area contributed by atoms with Gasteiger partial charge in [-0.1, -0.05) is 18.2 Å². The fraction of sp³-hybridized carbons (Fsp3) is 0.353. The first-order chi connectivity index (χ1) is 11.2. The average Bonchev–Trinajstić information content (AvgIpc) is 2.96. The molecule has 0 saturated carbocycles. The molecule has 0 spiro atoms. The second-order valence-electron chi connectivity index (χ2n) is 6.12. The van der Waals surface area contributed by atoms with E-state index in [2.05, 4.69) is 33.2 Å². The molecule has 126 valence electrons. The number of benzene rings is 1. The molecule has 0 atom stereocenters. The molecule has 1 aromatic carbocycles. The Morgan fingerprint density at radius 2 is 2.00 bits per heavy atom. The van der Waals surface area contributed by atoms with Crippen LogP contribution in [0.5, 0.6) is 0 Å². The summed E-state index contributed by atoms with van der Waals surface area (Å²) in [6.45, 7) is 0.727. The molecule has 0 radical (unpaired) electrons. The molecular formula is C17H20ClN5O. The molecular weight excluding hydrogens is 326 g/mol. The van der Waals surface area contributed by atoms with Gasteiger partial charge in [0.15, 0.2) is 11.2 Å². The van der Waals surface area contributed by atoms with E-state index in [1.807, 2.05) is 4.57 Å². The summed E-state index contributed by atoms with van der Waals surface area (Å²) in [5.74, 6) is 0.123. The maximum Gasteiger partial charge on any atom is 0.280 e. The predicted molar refractivity (Wildman–Crippen MR) is 96.6 cm³/mol. The number of aromatic nitrogens is 4. The van der Waals surface area contributed by atoms with Gasteiger partial charge in [0.05, 0.1) is 6.33 Å². The molecule has 0 amide bonds. The van der Waals surface area contributed by atoms with Crippen molar-refractivity contribution in [2.24, 2.45) is 0 Å². The van der Waals surface area contributed by atoms with Crippen molar-refractivity contribution in [2.45, 2.75) is 38.6 Å². The highest BCUT2D eigenvalue weighted by atomic mass is 35.5. The molecule has 1 aliphatic rings. The minimum absolute atomic E-state index is 0. The lowest BCUT2D eigenvalue weighted by Gasteiger charge is -2.16. The number of nitrogens with two attached hydrogens (primary N) is 1. The Hall–Kier alpha value is -2.34. The molecule has 0 saturated heterocycles. The molecule has 24 heavy (non-hydrogen) atoms. The predicted octanol–water partition coefficient (Wildman–Crippen LogP) is 2.25. The van der Waals surface area contributed by atoms with E-state index in [-0.39, 0.29) is 23.9 Å². The zero-order chi connectivity index (χ0) is 15.8. The Labute approximate surface area is 145 Å². The topological polar surface area (TPSA) is 89.6 Å². The Kier molecular flexibility index (Phi) is 4.57. The van der Waals surface area contributed by atoms with Gasteiger partial charge in [0.1, 0.15) is 0 Å². The highest BCUT2D eigenvalue weighted by Gasteiger charge is 2.11. The van der Waals surface area contributed by atoms with Crippen molar-refractivity contribution in [1.29, 1.82) is 0 Å². The first-order valence-corrected chi connectivity index (χ1v) is 8.02. The molecule has 3 aromatic rings. The quantitative estimate of drug-likeness (QED) is 0.761. The van der Waals surface area contributed by atoms with Crippen LogP contribution >= 0.6 is 12.4 Å². The summed E-state index contributed by atoms with van der Waals surface area (Å²) >= 11 is 0. The van der Waals surface area contributed by atoms with Crippen LogP contribution in [0, 0.1) is 0 Å². The van der Waals surface area contributed by atoms with E-state index in [0.717, 1.165) is 13.0 Å². The summed E-state index contributed by atoms with van der Waals surface area (Å²) in [5.41, 5.74) is 10.5. The van der Waals surface area contributed by atoms with Crippen LogP contribution in [0.4, 0.5) is 5.95 Å². The molecule has 1 aliphatic carbocycles. The zero-order valence-electron chi connectivity index (χ0n) is 13.3. The lowest BCUT2D eigenvalue weighted by Crippen LogP contribution is -2.12. The molecule has 0 bridgehead atoms. The molecule has 2 heterocycles. The van der Waals surface area contributed by atoms with Gasteiger partial charge >= 0.3 is 0 Å². The molecule has 0 aliphatic heterocycles. The maximum absolute atomic E-state index is 11.8. The number of nitrogens with zero attached hydrogens (tertiary/aromatic N) is 3. The summed E-state index contributed by atoms with van der Waals surface area (Å²) in [7, 11) is 0. The van der Waals surface area contributed by atoms with Gasteiger partial charge in [0.2, 0.25) is 5.95 Å². The Balaban J connectivity index is 0.00000169. The highest BCUT2D eigenvalue weighted by molar-refractivity contribution is 5.85. The minimum atomic E-state index is -0.292. The van der Waals surface area contributed by atoms with Crippen molar-refractivity contribution in [3.63, 3.8) is 0 Å². The first-order valence-electron chi connectivity index (χ1n) is 8.02. The number of hydrogen-bond donors (Lipinski definition) is 2. The van der Waals surface area contributed by atoms with Crippen LogP contribution in [0.25, 0.3) is 11.2 Å². The third-order valence-corrected chi connectivity index (χ3v) is 4.55. The van der Waals surface area contributed by atoms with Gasteiger partial charge in [-0.15, -0.1) is 12.4 Å². The van der Waals surface area contributed by atoms with Gasteiger partial charge in [-0.25, -0.2) is 4.98 Å². The fourth-order valence-electron chi connectivity index (χ4n) is 3.33. The zero-order valence-corrected chi connectivity index (χ0v) is 14.1. The standard InChI is InChI=1S/C17H19N5O.ClH/c18-17-20-15-14(16(23)21-17)19-10-22(15)8-7-11-5-6-12-3-1-2-4-13(12)9-11;/h5-6,9-10H,1-4,7-8H2,(H3,18,20,21,23);1H. The van der Waals surface area contributed by atoms with Crippen LogP contribution in [-0.4, -0.2) is 19.5 Å². The summed E-state index contributed by atoms with van der Waals surface area (Å²) in [4.78, 5) is 22.6. The number of nitrogens with one attached hydrogen (secondary N) is 1. The van der Waals surface area contributed by atoms with Crippen LogP contribution in [0.1, 0.15) is 29.5 Å². The minimum Gasteiger partial charge on any atom is -0.369 e. The third kappa shape index (κ3) is 3.01. The number of aromatic amines is 1. The number of fused-ring (bicyclic) bond motifs is 2. The maximum atomic E-state index is 11.8. The average molecular weight is 346 g/mol. The lowest BCUT2D eigenvalue weighted by molar-refractivity contribution is 0.678. The van der Waals surface area contributed by atoms with E-state index >= 15 is 0 Å². The first kappa shape index (κ1) is 16.5. The van der Waals surface area contributed by atoms with Crippen molar-refractivity contribution >= 4 is 29.5 Å². The molecule has 4 rings (SSSR count). The molecule has 3 N–H and O–H groups in total. The number of anilines is 1. The highest BCUT2D eigenvalue weighted by Crippen LogP contribution is 2.22. The summed E-state index contributed by atoms with van der Waals surface area (Å²) < 4.78 is 1.89. The molecule has 7 heteroatoms. The summed E-state index contributed by atoms with van der Waals surface area (Å²) in [5, 5.41) is 0. The number of H-pyrrole nitrogens is 1. The van der Waals surface area contributed by atoms with E-state index in [1.54, 1.807) is 6.33 Å². The SMILES string of the molecule is Cl.Nc1nc2c(ncn2CCc2ccc3c(c2)CCCC3)c(=O)[nH]1. The Morgan fingerprint density at radius 1 is 1.21 bits per heavy atom. The van der Waals surface area contributed by atoms with Gasteiger partial charge in [-0.2, -0.15) is 4.98 Å². The van der Waals surface area contributed by atoms with E-state index in [0.29, 0.717) is 11.2 Å². The fourth-order valence-corrected chi connectivity index (χ4v) is 3.33. The second-order valence-corrected chi connectivity index (χ2v) is 6.12. The van der Waals surface area contributed by atoms with E-state index in [1.165, 1.54) is 42.4 Å². The van der Waals surface area contributed by atoms with Crippen molar-refractivity contribution < 1.29 is 0 Å². The van der Waals surface area contributed by atoms with Gasteiger partial charge < -0.3 is 10.3 Å².